The number of carbonyl (C=O) groups is 1. The number of fused-ring (bicyclic) bond motifs is 2. The molecule has 3 heterocycles. The fourth-order valence-electron chi connectivity index (χ4n) is 4.34. The minimum absolute atomic E-state index is 0.0137. The van der Waals surface area contributed by atoms with Gasteiger partial charge in [0.2, 0.25) is 5.91 Å². The van der Waals surface area contributed by atoms with Crippen molar-refractivity contribution in [3.8, 4) is 11.8 Å². The van der Waals surface area contributed by atoms with Crippen LogP contribution < -0.4 is 10.3 Å². The topological polar surface area (TPSA) is 126 Å². The van der Waals surface area contributed by atoms with Gasteiger partial charge in [-0.3, -0.25) is 9.59 Å². The molecule has 5 rings (SSSR count). The number of amides is 1. The molecule has 4 aromatic rings. The molecule has 0 unspecified atom stereocenters. The van der Waals surface area contributed by atoms with Crippen molar-refractivity contribution in [2.45, 2.75) is 19.4 Å². The molecule has 1 N–H and O–H groups in total. The van der Waals surface area contributed by atoms with E-state index >= 15 is 0 Å². The highest BCUT2D eigenvalue weighted by molar-refractivity contribution is 9.10. The second kappa shape index (κ2) is 10.8. The Labute approximate surface area is 222 Å². The van der Waals surface area contributed by atoms with E-state index in [0.717, 1.165) is 4.68 Å². The number of carbonyl (C=O) groups excluding carboxylic acids is 1. The Balaban J connectivity index is 1.52. The van der Waals surface area contributed by atoms with Crippen LogP contribution in [-0.4, -0.2) is 69.9 Å². The molecule has 0 saturated carbocycles. The smallest absolute Gasteiger partial charge is 0.275 e. The van der Waals surface area contributed by atoms with Gasteiger partial charge in [-0.25, -0.2) is 18.4 Å². The molecule has 1 saturated heterocycles. The molecule has 1 aliphatic heterocycles. The number of ether oxygens (including phenoxy) is 2. The van der Waals surface area contributed by atoms with Crippen molar-refractivity contribution in [1.82, 2.24) is 24.6 Å². The molecule has 1 amide bonds. The summed E-state index contributed by atoms with van der Waals surface area (Å²) in [5.41, 5.74) is 1.13. The van der Waals surface area contributed by atoms with Crippen molar-refractivity contribution < 1.29 is 23.0 Å². The van der Waals surface area contributed by atoms with Gasteiger partial charge in [0.25, 0.3) is 12.0 Å². The summed E-state index contributed by atoms with van der Waals surface area (Å²) >= 11 is 3.50. The molecular formula is C25H21BrF2N6O4. The van der Waals surface area contributed by atoms with Gasteiger partial charge in [-0.15, -0.1) is 0 Å². The van der Waals surface area contributed by atoms with Gasteiger partial charge in [0.1, 0.15) is 30.8 Å². The third kappa shape index (κ3) is 5.23. The molecule has 0 spiro atoms. The number of nitriles is 1. The number of rotatable bonds is 7. The van der Waals surface area contributed by atoms with E-state index in [1.807, 2.05) is 6.07 Å². The third-order valence-corrected chi connectivity index (χ3v) is 6.77. The number of benzene rings is 2. The standard InChI is InChI=1S/C25H21BrF2N6O4/c26-16-3-1-2-15-24(16)19(32-34(25(15)36)12-23(35)33-4-6-37-7-5-33)10-22-30-17-8-14(11-29)20(9-18(17)31-22)38-13-21(27)28/h1-3,8-9,21H,4-7,10,12-13H2,(H,30,31). The maximum Gasteiger partial charge on any atom is 0.275 e. The molecule has 0 aliphatic carbocycles. The van der Waals surface area contributed by atoms with E-state index in [0.29, 0.717) is 64.1 Å². The van der Waals surface area contributed by atoms with Crippen molar-refractivity contribution in [2.75, 3.05) is 32.9 Å². The monoisotopic (exact) mass is 586 g/mol. The van der Waals surface area contributed by atoms with Gasteiger partial charge in [0, 0.05) is 29.0 Å². The fourth-order valence-corrected chi connectivity index (χ4v) is 4.94. The van der Waals surface area contributed by atoms with Crippen LogP contribution in [0.5, 0.6) is 5.75 Å². The number of hydrogen-bond donors (Lipinski definition) is 1. The first-order chi connectivity index (χ1) is 18.3. The number of alkyl halides is 2. The first kappa shape index (κ1) is 25.7. The summed E-state index contributed by atoms with van der Waals surface area (Å²) < 4.78 is 37.5. The van der Waals surface area contributed by atoms with E-state index < -0.39 is 18.6 Å². The zero-order valence-corrected chi connectivity index (χ0v) is 21.5. The van der Waals surface area contributed by atoms with E-state index in [4.69, 9.17) is 9.47 Å². The number of nitrogens with one attached hydrogen (secondary N) is 1. The summed E-state index contributed by atoms with van der Waals surface area (Å²) in [4.78, 5) is 35.4. The second-order valence-corrected chi connectivity index (χ2v) is 9.46. The van der Waals surface area contributed by atoms with Crippen LogP contribution in [0.1, 0.15) is 17.1 Å². The molecule has 0 radical (unpaired) electrons. The highest BCUT2D eigenvalue weighted by Gasteiger charge is 2.21. The quantitative estimate of drug-likeness (QED) is 0.353. The van der Waals surface area contributed by atoms with Crippen molar-refractivity contribution in [2.24, 2.45) is 0 Å². The molecule has 0 atom stereocenters. The van der Waals surface area contributed by atoms with Crippen LogP contribution in [0.4, 0.5) is 8.78 Å². The normalized spacial score (nSPS) is 13.8. The van der Waals surface area contributed by atoms with E-state index in [-0.39, 0.29) is 30.2 Å². The summed E-state index contributed by atoms with van der Waals surface area (Å²) in [6.07, 6.45) is -2.52. The Bertz CT molecular complexity index is 1620. The highest BCUT2D eigenvalue weighted by Crippen LogP contribution is 2.28. The van der Waals surface area contributed by atoms with Gasteiger partial charge < -0.3 is 19.4 Å². The molecule has 1 aliphatic rings. The van der Waals surface area contributed by atoms with E-state index in [9.17, 15) is 23.6 Å². The van der Waals surface area contributed by atoms with Crippen LogP contribution in [0.25, 0.3) is 21.8 Å². The highest BCUT2D eigenvalue weighted by atomic mass is 79.9. The fraction of sp³-hybridized carbons (Fsp3) is 0.320. The van der Waals surface area contributed by atoms with Gasteiger partial charge in [-0.2, -0.15) is 10.4 Å². The van der Waals surface area contributed by atoms with Gasteiger partial charge in [0.05, 0.1) is 47.3 Å². The number of H-pyrrole nitrogens is 1. The molecule has 38 heavy (non-hydrogen) atoms. The third-order valence-electron chi connectivity index (χ3n) is 6.11. The lowest BCUT2D eigenvalue weighted by atomic mass is 10.1. The first-order valence-corrected chi connectivity index (χ1v) is 12.5. The number of halogens is 3. The number of nitrogens with zero attached hydrogens (tertiary/aromatic N) is 5. The molecule has 10 nitrogen and oxygen atoms in total. The van der Waals surface area contributed by atoms with E-state index in [1.165, 1.54) is 12.1 Å². The first-order valence-electron chi connectivity index (χ1n) is 11.7. The number of morpholine rings is 1. The number of imidazole rings is 1. The van der Waals surface area contributed by atoms with Crippen molar-refractivity contribution in [3.63, 3.8) is 0 Å². The summed E-state index contributed by atoms with van der Waals surface area (Å²) in [6.45, 7) is 0.728. The average Bonchev–Trinajstić information content (AvgIpc) is 3.30. The van der Waals surface area contributed by atoms with E-state index in [1.54, 1.807) is 23.1 Å². The lowest BCUT2D eigenvalue weighted by Crippen LogP contribution is -2.44. The van der Waals surface area contributed by atoms with E-state index in [2.05, 4.69) is 31.0 Å². The molecule has 13 heteroatoms. The lowest BCUT2D eigenvalue weighted by Gasteiger charge is -2.27. The molecular weight excluding hydrogens is 566 g/mol. The van der Waals surface area contributed by atoms with Crippen LogP contribution in [0.2, 0.25) is 0 Å². The molecule has 1 fully saturated rings. The molecule has 196 valence electrons. The maximum absolute atomic E-state index is 13.2. The lowest BCUT2D eigenvalue weighted by molar-refractivity contribution is -0.136. The Morgan fingerprint density at radius 1 is 1.29 bits per heavy atom. The van der Waals surface area contributed by atoms with Crippen LogP contribution in [0.3, 0.4) is 0 Å². The summed E-state index contributed by atoms with van der Waals surface area (Å²) in [5.74, 6) is 0.247. The Hall–Kier alpha value is -3.89. The average molecular weight is 587 g/mol. The van der Waals surface area contributed by atoms with Gasteiger partial charge in [0.15, 0.2) is 0 Å². The summed E-state index contributed by atoms with van der Waals surface area (Å²) in [7, 11) is 0. The minimum atomic E-state index is -2.68. The van der Waals surface area contributed by atoms with Crippen LogP contribution >= 0.6 is 15.9 Å². The largest absolute Gasteiger partial charge is 0.486 e. The molecule has 2 aromatic carbocycles. The van der Waals surface area contributed by atoms with Crippen LogP contribution in [0.15, 0.2) is 39.6 Å². The van der Waals surface area contributed by atoms with Gasteiger partial charge >= 0.3 is 0 Å². The Kier molecular flexibility index (Phi) is 7.35. The predicted molar refractivity (Wildman–Crippen MR) is 136 cm³/mol. The van der Waals surface area contributed by atoms with Gasteiger partial charge in [-0.05, 0) is 18.2 Å². The Morgan fingerprint density at radius 3 is 2.82 bits per heavy atom. The molecule has 2 aromatic heterocycles. The SMILES string of the molecule is N#Cc1cc2[nH]c(Cc3nn(CC(=O)N4CCOCC4)c(=O)c4cccc(Br)c34)nc2cc1OCC(F)F. The molecule has 0 bridgehead atoms. The predicted octanol–water partition coefficient (Wildman–Crippen LogP) is 3.00. The number of aromatic amines is 1. The van der Waals surface area contributed by atoms with Crippen molar-refractivity contribution in [1.29, 1.82) is 5.26 Å². The second-order valence-electron chi connectivity index (χ2n) is 8.60. The number of aromatic nitrogens is 4. The van der Waals surface area contributed by atoms with Crippen LogP contribution in [-0.2, 0) is 22.5 Å². The number of hydrogen-bond acceptors (Lipinski definition) is 7. The van der Waals surface area contributed by atoms with Crippen LogP contribution in [0, 0.1) is 11.3 Å². The Morgan fingerprint density at radius 2 is 2.08 bits per heavy atom. The maximum atomic E-state index is 13.2. The van der Waals surface area contributed by atoms with Crippen molar-refractivity contribution in [3.05, 3.63) is 62.2 Å². The summed E-state index contributed by atoms with van der Waals surface area (Å²) in [5, 5.41) is 14.9. The van der Waals surface area contributed by atoms with Gasteiger partial charge in [-0.1, -0.05) is 22.0 Å². The zero-order valence-electron chi connectivity index (χ0n) is 19.9. The zero-order chi connectivity index (χ0) is 26.8. The van der Waals surface area contributed by atoms with Crippen molar-refractivity contribution >= 4 is 43.6 Å². The summed E-state index contributed by atoms with van der Waals surface area (Å²) in [6, 6.07) is 10.1. The minimum Gasteiger partial charge on any atom is -0.486 e.